The van der Waals surface area contributed by atoms with Crippen molar-refractivity contribution in [3.05, 3.63) is 42.5 Å². The Balaban J connectivity index is 2.31. The Hall–Kier alpha value is -1.81. The molecule has 110 valence electrons. The molecular weight excluding hydrogens is 254 g/mol. The van der Waals surface area contributed by atoms with Gasteiger partial charge in [0, 0.05) is 12.2 Å². The SMILES string of the molecule is C=CCOCCOC(=O)c1ccc(NCCCC)cc1. The molecule has 4 heteroatoms. The maximum atomic E-state index is 11.7. The van der Waals surface area contributed by atoms with Gasteiger partial charge >= 0.3 is 5.97 Å². The molecule has 0 radical (unpaired) electrons. The van der Waals surface area contributed by atoms with Crippen molar-refractivity contribution in [2.45, 2.75) is 19.8 Å². The summed E-state index contributed by atoms with van der Waals surface area (Å²) in [4.78, 5) is 11.7. The lowest BCUT2D eigenvalue weighted by molar-refractivity contribution is 0.0354. The minimum Gasteiger partial charge on any atom is -0.460 e. The van der Waals surface area contributed by atoms with Gasteiger partial charge in [-0.1, -0.05) is 19.4 Å². The maximum Gasteiger partial charge on any atom is 0.338 e. The quantitative estimate of drug-likeness (QED) is 0.405. The highest BCUT2D eigenvalue weighted by Gasteiger charge is 2.06. The van der Waals surface area contributed by atoms with E-state index in [2.05, 4.69) is 18.8 Å². The molecule has 0 unspecified atom stereocenters. The van der Waals surface area contributed by atoms with Crippen LogP contribution in [0.4, 0.5) is 5.69 Å². The molecular formula is C16H23NO3. The molecule has 0 saturated carbocycles. The number of hydrogen-bond donors (Lipinski definition) is 1. The Kier molecular flexibility index (Phi) is 8.15. The van der Waals surface area contributed by atoms with Crippen LogP contribution in [0.3, 0.4) is 0 Å². The summed E-state index contributed by atoms with van der Waals surface area (Å²) in [5.41, 5.74) is 1.57. The predicted molar refractivity (Wildman–Crippen MR) is 81.1 cm³/mol. The van der Waals surface area contributed by atoms with Crippen LogP contribution in [0.25, 0.3) is 0 Å². The molecule has 0 aromatic heterocycles. The zero-order valence-electron chi connectivity index (χ0n) is 12.1. The van der Waals surface area contributed by atoms with Crippen LogP contribution in [-0.2, 0) is 9.47 Å². The Bertz CT molecular complexity index is 401. The lowest BCUT2D eigenvalue weighted by atomic mass is 10.2. The molecule has 0 amide bonds. The van der Waals surface area contributed by atoms with Gasteiger partial charge in [0.2, 0.25) is 0 Å². The highest BCUT2D eigenvalue weighted by Crippen LogP contribution is 2.10. The molecule has 0 spiro atoms. The van der Waals surface area contributed by atoms with Crippen molar-refractivity contribution in [2.24, 2.45) is 0 Å². The zero-order valence-corrected chi connectivity index (χ0v) is 12.1. The second-order valence-corrected chi connectivity index (χ2v) is 4.36. The fourth-order valence-corrected chi connectivity index (χ4v) is 1.58. The molecule has 0 saturated heterocycles. The number of carbonyl (C=O) groups is 1. The summed E-state index contributed by atoms with van der Waals surface area (Å²) < 4.78 is 10.2. The van der Waals surface area contributed by atoms with E-state index in [0.29, 0.717) is 18.8 Å². The molecule has 1 N–H and O–H groups in total. The fraction of sp³-hybridized carbons (Fsp3) is 0.438. The van der Waals surface area contributed by atoms with E-state index in [9.17, 15) is 4.79 Å². The van der Waals surface area contributed by atoms with E-state index in [1.807, 2.05) is 12.1 Å². The number of carbonyl (C=O) groups excluding carboxylic acids is 1. The summed E-state index contributed by atoms with van der Waals surface area (Å²) in [5.74, 6) is -0.327. The van der Waals surface area contributed by atoms with Crippen molar-refractivity contribution in [1.29, 1.82) is 0 Å². The Labute approximate surface area is 120 Å². The van der Waals surface area contributed by atoms with E-state index in [-0.39, 0.29) is 12.6 Å². The van der Waals surface area contributed by atoms with Crippen molar-refractivity contribution in [1.82, 2.24) is 0 Å². The molecule has 1 rings (SSSR count). The highest BCUT2D eigenvalue weighted by molar-refractivity contribution is 5.89. The van der Waals surface area contributed by atoms with Gasteiger partial charge in [-0.3, -0.25) is 0 Å². The molecule has 0 bridgehead atoms. The third-order valence-corrected chi connectivity index (χ3v) is 2.68. The lowest BCUT2D eigenvalue weighted by Crippen LogP contribution is -2.11. The maximum absolute atomic E-state index is 11.7. The van der Waals surface area contributed by atoms with E-state index in [1.54, 1.807) is 18.2 Å². The van der Waals surface area contributed by atoms with Gasteiger partial charge in [-0.05, 0) is 30.7 Å². The predicted octanol–water partition coefficient (Wildman–Crippen LogP) is 3.26. The largest absolute Gasteiger partial charge is 0.460 e. The van der Waals surface area contributed by atoms with Gasteiger partial charge in [0.15, 0.2) is 0 Å². The monoisotopic (exact) mass is 277 g/mol. The van der Waals surface area contributed by atoms with E-state index >= 15 is 0 Å². The summed E-state index contributed by atoms with van der Waals surface area (Å²) in [5, 5.41) is 3.30. The number of esters is 1. The van der Waals surface area contributed by atoms with Gasteiger partial charge in [-0.25, -0.2) is 4.79 Å². The van der Waals surface area contributed by atoms with Gasteiger partial charge in [0.1, 0.15) is 6.61 Å². The first-order valence-corrected chi connectivity index (χ1v) is 6.97. The van der Waals surface area contributed by atoms with Crippen molar-refractivity contribution < 1.29 is 14.3 Å². The zero-order chi connectivity index (χ0) is 14.6. The molecule has 0 heterocycles. The molecule has 0 aliphatic carbocycles. The minimum absolute atomic E-state index is 0.253. The van der Waals surface area contributed by atoms with Crippen LogP contribution < -0.4 is 5.32 Å². The number of benzene rings is 1. The molecule has 0 fully saturated rings. The van der Waals surface area contributed by atoms with E-state index < -0.39 is 0 Å². The van der Waals surface area contributed by atoms with Gasteiger partial charge in [-0.2, -0.15) is 0 Å². The Morgan fingerprint density at radius 2 is 2.05 bits per heavy atom. The average molecular weight is 277 g/mol. The number of hydrogen-bond acceptors (Lipinski definition) is 4. The summed E-state index contributed by atoms with van der Waals surface area (Å²) in [6, 6.07) is 7.31. The summed E-state index contributed by atoms with van der Waals surface area (Å²) >= 11 is 0. The molecule has 4 nitrogen and oxygen atoms in total. The summed E-state index contributed by atoms with van der Waals surface area (Å²) in [7, 11) is 0. The second kappa shape index (κ2) is 10.0. The van der Waals surface area contributed by atoms with Crippen LogP contribution in [0.2, 0.25) is 0 Å². The Morgan fingerprint density at radius 3 is 2.70 bits per heavy atom. The van der Waals surface area contributed by atoms with Crippen LogP contribution in [0.15, 0.2) is 36.9 Å². The summed E-state index contributed by atoms with van der Waals surface area (Å²) in [6.45, 7) is 7.74. The standard InChI is InChI=1S/C16H23NO3/c1-3-5-10-17-15-8-6-14(7-9-15)16(18)20-13-12-19-11-4-2/h4,6-9,17H,2-3,5,10-13H2,1H3. The third kappa shape index (κ3) is 6.38. The molecule has 1 aromatic rings. The van der Waals surface area contributed by atoms with Crippen molar-refractivity contribution in [3.63, 3.8) is 0 Å². The number of unbranched alkanes of at least 4 members (excludes halogenated alkanes) is 1. The highest BCUT2D eigenvalue weighted by atomic mass is 16.6. The smallest absolute Gasteiger partial charge is 0.338 e. The number of nitrogens with one attached hydrogen (secondary N) is 1. The topological polar surface area (TPSA) is 47.6 Å². The van der Waals surface area contributed by atoms with Crippen LogP contribution >= 0.6 is 0 Å². The fourth-order valence-electron chi connectivity index (χ4n) is 1.58. The summed E-state index contributed by atoms with van der Waals surface area (Å²) in [6.07, 6.45) is 3.95. The first-order valence-electron chi connectivity index (χ1n) is 6.97. The van der Waals surface area contributed by atoms with Gasteiger partial charge in [0.25, 0.3) is 0 Å². The number of ether oxygens (including phenoxy) is 2. The van der Waals surface area contributed by atoms with Crippen LogP contribution in [-0.4, -0.2) is 32.3 Å². The lowest BCUT2D eigenvalue weighted by Gasteiger charge is -2.07. The second-order valence-electron chi connectivity index (χ2n) is 4.36. The van der Waals surface area contributed by atoms with Crippen molar-refractivity contribution >= 4 is 11.7 Å². The molecule has 0 aliphatic rings. The molecule has 0 aliphatic heterocycles. The minimum atomic E-state index is -0.327. The van der Waals surface area contributed by atoms with Gasteiger partial charge in [0.05, 0.1) is 18.8 Å². The Morgan fingerprint density at radius 1 is 1.30 bits per heavy atom. The van der Waals surface area contributed by atoms with Crippen molar-refractivity contribution in [2.75, 3.05) is 31.7 Å². The number of anilines is 1. The van der Waals surface area contributed by atoms with Gasteiger partial charge < -0.3 is 14.8 Å². The normalized spacial score (nSPS) is 10.1. The molecule has 1 aromatic carbocycles. The van der Waals surface area contributed by atoms with E-state index in [4.69, 9.17) is 9.47 Å². The van der Waals surface area contributed by atoms with E-state index in [0.717, 1.165) is 25.1 Å². The third-order valence-electron chi connectivity index (χ3n) is 2.68. The van der Waals surface area contributed by atoms with Crippen LogP contribution in [0.5, 0.6) is 0 Å². The van der Waals surface area contributed by atoms with Crippen LogP contribution in [0, 0.1) is 0 Å². The average Bonchev–Trinajstić information content (AvgIpc) is 2.48. The molecule has 20 heavy (non-hydrogen) atoms. The van der Waals surface area contributed by atoms with Gasteiger partial charge in [-0.15, -0.1) is 6.58 Å². The van der Waals surface area contributed by atoms with Crippen molar-refractivity contribution in [3.8, 4) is 0 Å². The van der Waals surface area contributed by atoms with E-state index in [1.165, 1.54) is 0 Å². The molecule has 0 atom stereocenters. The first kappa shape index (κ1) is 16.2. The number of rotatable bonds is 10. The van der Waals surface area contributed by atoms with Crippen LogP contribution in [0.1, 0.15) is 30.1 Å². The first-order chi connectivity index (χ1) is 9.77.